The minimum atomic E-state index is -1.08. The van der Waals surface area contributed by atoms with Crippen LogP contribution in [0.25, 0.3) is 12.2 Å². The number of carboxylic acids is 2. The lowest BCUT2D eigenvalue weighted by molar-refractivity contribution is -0.873. The minimum absolute atomic E-state index is 0.972. The Hall–Kier alpha value is -3.45. The molecule has 1 aromatic carbocycles. The summed E-state index contributed by atoms with van der Waals surface area (Å²) >= 11 is 0. The normalized spacial score (nSPS) is 10.9. The molecule has 1 heterocycles. The average Bonchev–Trinajstić information content (AvgIpc) is 2.78. The van der Waals surface area contributed by atoms with Gasteiger partial charge in [0.15, 0.2) is 18.9 Å². The Morgan fingerprint density at radius 2 is 1.25 bits per heavy atom. The van der Waals surface area contributed by atoms with Crippen LogP contribution in [-0.2, 0) is 16.1 Å². The van der Waals surface area contributed by atoms with Crippen LogP contribution in [0, 0.1) is 0 Å². The van der Waals surface area contributed by atoms with Gasteiger partial charge in [-0.15, -0.1) is 0 Å². The van der Waals surface area contributed by atoms with Crippen LogP contribution in [0.5, 0.6) is 0 Å². The number of benzene rings is 1. The number of carbonyl (C=O) groups is 2. The molecule has 7 nitrogen and oxygen atoms in total. The predicted molar refractivity (Wildman–Crippen MR) is 144 cm³/mol. The van der Waals surface area contributed by atoms with Crippen molar-refractivity contribution in [2.45, 2.75) is 40.7 Å². The number of hydrogen-bond donors (Lipinski definition) is 0. The number of aromatic nitrogens is 1. The molecule has 0 aliphatic rings. The molecule has 0 aliphatic heterocycles. The van der Waals surface area contributed by atoms with Gasteiger partial charge in [0.2, 0.25) is 0 Å². The highest BCUT2D eigenvalue weighted by Gasteiger charge is 2.08. The number of carbonyl (C=O) groups excluding carboxylic acids is 2. The fourth-order valence-corrected chi connectivity index (χ4v) is 3.18. The van der Waals surface area contributed by atoms with E-state index in [1.807, 2.05) is 0 Å². The van der Waals surface area contributed by atoms with Gasteiger partial charge in [-0.1, -0.05) is 36.4 Å². The zero-order valence-corrected chi connectivity index (χ0v) is 22.9. The molecular formula is C29H43N3O4. The SMILES string of the molecule is CC(=O)[O-].CC(=O)[O-].CCN(CC)c1ccc(C=CC=Cc2cc[n+](CCC[N+](C)(C)C)cc2)cc1. The first-order chi connectivity index (χ1) is 16.9. The van der Waals surface area contributed by atoms with Crippen molar-refractivity contribution in [1.29, 1.82) is 0 Å². The maximum absolute atomic E-state index is 8.89. The lowest BCUT2D eigenvalue weighted by Crippen LogP contribution is -2.39. The molecule has 0 radical (unpaired) electrons. The molecule has 0 bridgehead atoms. The highest BCUT2D eigenvalue weighted by molar-refractivity contribution is 5.60. The third-order valence-corrected chi connectivity index (χ3v) is 4.87. The Labute approximate surface area is 217 Å². The van der Waals surface area contributed by atoms with E-state index < -0.39 is 11.9 Å². The molecule has 1 aromatic heterocycles. The number of hydrogen-bond acceptors (Lipinski definition) is 5. The number of aliphatic carboxylic acids is 2. The van der Waals surface area contributed by atoms with Crippen molar-refractivity contribution in [2.75, 3.05) is 45.7 Å². The Morgan fingerprint density at radius 3 is 1.64 bits per heavy atom. The zero-order valence-electron chi connectivity index (χ0n) is 22.9. The average molecular weight is 498 g/mol. The monoisotopic (exact) mass is 497 g/mol. The molecule has 2 rings (SSSR count). The maximum atomic E-state index is 8.89. The van der Waals surface area contributed by atoms with Gasteiger partial charge in [0.05, 0.1) is 34.1 Å². The van der Waals surface area contributed by atoms with Crippen molar-refractivity contribution in [2.24, 2.45) is 0 Å². The van der Waals surface area contributed by atoms with E-state index in [-0.39, 0.29) is 0 Å². The minimum Gasteiger partial charge on any atom is -0.550 e. The van der Waals surface area contributed by atoms with Crippen LogP contribution in [0.1, 0.15) is 45.2 Å². The second-order valence-corrected chi connectivity index (χ2v) is 9.20. The van der Waals surface area contributed by atoms with Gasteiger partial charge in [-0.3, -0.25) is 0 Å². The summed E-state index contributed by atoms with van der Waals surface area (Å²) in [5.41, 5.74) is 3.74. The van der Waals surface area contributed by atoms with E-state index in [0.29, 0.717) is 0 Å². The van der Waals surface area contributed by atoms with E-state index in [1.165, 1.54) is 29.8 Å². The molecule has 0 spiro atoms. The molecule has 0 N–H and O–H groups in total. The Bertz CT molecular complexity index is 920. The number of nitrogens with zero attached hydrogens (tertiary/aromatic N) is 3. The number of pyridine rings is 1. The zero-order chi connectivity index (χ0) is 27.6. The Morgan fingerprint density at radius 1 is 0.833 bits per heavy atom. The van der Waals surface area contributed by atoms with Gasteiger partial charge in [0.1, 0.15) is 0 Å². The number of allylic oxidation sites excluding steroid dienone is 2. The molecule has 7 heteroatoms. The van der Waals surface area contributed by atoms with E-state index in [2.05, 4.69) is 118 Å². The molecule has 0 unspecified atom stereocenters. The number of anilines is 1. The highest BCUT2D eigenvalue weighted by atomic mass is 16.4. The molecular weight excluding hydrogens is 454 g/mol. The number of carboxylic acid groups (broad SMARTS) is 2. The predicted octanol–water partition coefficient (Wildman–Crippen LogP) is 2.16. The van der Waals surface area contributed by atoms with Gasteiger partial charge in [0, 0.05) is 42.8 Å². The summed E-state index contributed by atoms with van der Waals surface area (Å²) in [6, 6.07) is 13.1. The summed E-state index contributed by atoms with van der Waals surface area (Å²) in [6.07, 6.45) is 14.0. The van der Waals surface area contributed by atoms with E-state index in [0.717, 1.165) is 38.0 Å². The van der Waals surface area contributed by atoms with Crippen molar-refractivity contribution in [3.8, 4) is 0 Å². The third kappa shape index (κ3) is 18.0. The lowest BCUT2D eigenvalue weighted by atomic mass is 10.1. The van der Waals surface area contributed by atoms with Crippen molar-refractivity contribution in [3.63, 3.8) is 0 Å². The summed E-state index contributed by atoms with van der Waals surface area (Å²) in [5, 5.41) is 17.8. The number of rotatable bonds is 10. The third-order valence-electron chi connectivity index (χ3n) is 4.87. The molecule has 0 fully saturated rings. The second kappa shape index (κ2) is 17.9. The summed E-state index contributed by atoms with van der Waals surface area (Å²) < 4.78 is 3.28. The van der Waals surface area contributed by atoms with E-state index in [9.17, 15) is 0 Å². The molecule has 0 atom stereocenters. The standard InChI is InChI=1S/C25H37N3.2C2H4O2/c1-6-27(7-2)25-15-13-23(14-16-25)11-8-9-12-24-17-20-26(21-18-24)19-10-22-28(3,4)5;2*1-2(3)4/h8-9,11-18,20-21H,6-7,10,19,22H2,1-5H3;2*1H3,(H,3,4)/q+2;;/p-2. The summed E-state index contributed by atoms with van der Waals surface area (Å²) in [7, 11) is 6.72. The van der Waals surface area contributed by atoms with Crippen LogP contribution in [0.4, 0.5) is 5.69 Å². The molecule has 0 saturated heterocycles. The molecule has 0 amide bonds. The molecule has 36 heavy (non-hydrogen) atoms. The van der Waals surface area contributed by atoms with Crippen LogP contribution < -0.4 is 19.7 Å². The molecule has 2 aromatic rings. The van der Waals surface area contributed by atoms with Crippen molar-refractivity contribution < 1.29 is 28.9 Å². The summed E-state index contributed by atoms with van der Waals surface area (Å²) in [5.74, 6) is -2.17. The van der Waals surface area contributed by atoms with Gasteiger partial charge in [0.25, 0.3) is 0 Å². The fraction of sp³-hybridized carbons (Fsp3) is 0.414. The number of quaternary nitrogens is 1. The molecule has 198 valence electrons. The van der Waals surface area contributed by atoms with Gasteiger partial charge in [-0.05, 0) is 51.0 Å². The van der Waals surface area contributed by atoms with Crippen molar-refractivity contribution in [1.82, 2.24) is 0 Å². The lowest BCUT2D eigenvalue weighted by Gasteiger charge is -2.22. The highest BCUT2D eigenvalue weighted by Crippen LogP contribution is 2.15. The van der Waals surface area contributed by atoms with Crippen LogP contribution in [0.3, 0.4) is 0 Å². The van der Waals surface area contributed by atoms with Crippen LogP contribution in [0.15, 0.2) is 60.9 Å². The first-order valence-electron chi connectivity index (χ1n) is 12.2. The van der Waals surface area contributed by atoms with Crippen LogP contribution >= 0.6 is 0 Å². The second-order valence-electron chi connectivity index (χ2n) is 9.20. The number of aryl methyl sites for hydroxylation is 1. The van der Waals surface area contributed by atoms with E-state index >= 15 is 0 Å². The van der Waals surface area contributed by atoms with E-state index in [1.54, 1.807) is 0 Å². The first-order valence-corrected chi connectivity index (χ1v) is 12.2. The molecule has 0 aliphatic carbocycles. The van der Waals surface area contributed by atoms with Gasteiger partial charge in [-0.2, -0.15) is 0 Å². The van der Waals surface area contributed by atoms with Crippen LogP contribution in [0.2, 0.25) is 0 Å². The molecule has 0 saturated carbocycles. The Kier molecular flexibility index (Phi) is 16.2. The quantitative estimate of drug-likeness (QED) is 0.285. The fourth-order valence-electron chi connectivity index (χ4n) is 3.18. The maximum Gasteiger partial charge on any atom is 0.169 e. The van der Waals surface area contributed by atoms with Gasteiger partial charge in [-0.25, -0.2) is 4.57 Å². The van der Waals surface area contributed by atoms with Gasteiger partial charge >= 0.3 is 0 Å². The smallest absolute Gasteiger partial charge is 0.169 e. The van der Waals surface area contributed by atoms with Crippen LogP contribution in [-0.4, -0.2) is 57.2 Å². The van der Waals surface area contributed by atoms with Gasteiger partial charge < -0.3 is 29.2 Å². The Balaban J connectivity index is 0.00000133. The topological polar surface area (TPSA) is 87.4 Å². The van der Waals surface area contributed by atoms with Crippen molar-refractivity contribution in [3.05, 3.63) is 72.1 Å². The van der Waals surface area contributed by atoms with Crippen molar-refractivity contribution >= 4 is 29.8 Å². The first kappa shape index (κ1) is 32.6. The largest absolute Gasteiger partial charge is 0.550 e. The van der Waals surface area contributed by atoms with E-state index in [4.69, 9.17) is 19.8 Å². The summed E-state index contributed by atoms with van der Waals surface area (Å²) in [6.45, 7) is 10.7. The summed E-state index contributed by atoms with van der Waals surface area (Å²) in [4.78, 5) is 20.1.